The minimum atomic E-state index is -3.34. The molecule has 2 N–H and O–H groups in total. The van der Waals surface area contributed by atoms with Gasteiger partial charge in [0.2, 0.25) is 10.0 Å². The van der Waals surface area contributed by atoms with E-state index in [-0.39, 0.29) is 0 Å². The zero-order chi connectivity index (χ0) is 14.0. The van der Waals surface area contributed by atoms with Crippen molar-refractivity contribution in [2.24, 2.45) is 5.73 Å². The first-order chi connectivity index (χ1) is 8.91. The fourth-order valence-electron chi connectivity index (χ4n) is 2.20. The van der Waals surface area contributed by atoms with Crippen LogP contribution >= 0.6 is 0 Å². The van der Waals surface area contributed by atoms with E-state index < -0.39 is 10.0 Å². The molecule has 0 spiro atoms. The first-order valence-corrected chi connectivity index (χ1v) is 7.88. The highest BCUT2D eigenvalue weighted by Crippen LogP contribution is 2.22. The summed E-state index contributed by atoms with van der Waals surface area (Å²) in [5.41, 5.74) is 6.94. The second kappa shape index (κ2) is 5.48. The van der Waals surface area contributed by atoms with E-state index in [1.165, 1.54) is 18.4 Å². The SMILES string of the molecule is CN(C)S(=O)(=O)c1ccc(N2CCC(N)CC2)cc1. The Hall–Kier alpha value is -1.11. The maximum Gasteiger partial charge on any atom is 0.242 e. The Morgan fingerprint density at radius 1 is 1.16 bits per heavy atom. The molecule has 2 rings (SSSR count). The topological polar surface area (TPSA) is 66.6 Å². The Kier molecular flexibility index (Phi) is 4.13. The predicted molar refractivity (Wildman–Crippen MR) is 76.7 cm³/mol. The Morgan fingerprint density at radius 2 is 1.68 bits per heavy atom. The van der Waals surface area contributed by atoms with Crippen LogP contribution < -0.4 is 10.6 Å². The molecule has 19 heavy (non-hydrogen) atoms. The van der Waals surface area contributed by atoms with Crippen LogP contribution in [0.25, 0.3) is 0 Å². The number of nitrogens with zero attached hydrogens (tertiary/aromatic N) is 2. The molecule has 0 amide bonds. The van der Waals surface area contributed by atoms with Gasteiger partial charge in [0, 0.05) is 38.9 Å². The van der Waals surface area contributed by atoms with Crippen LogP contribution in [0.15, 0.2) is 29.2 Å². The molecule has 1 fully saturated rings. The number of anilines is 1. The van der Waals surface area contributed by atoms with Gasteiger partial charge in [-0.3, -0.25) is 0 Å². The van der Waals surface area contributed by atoms with Crippen molar-refractivity contribution in [3.8, 4) is 0 Å². The van der Waals surface area contributed by atoms with Crippen molar-refractivity contribution < 1.29 is 8.42 Å². The fourth-order valence-corrected chi connectivity index (χ4v) is 3.10. The molecule has 1 aromatic rings. The van der Waals surface area contributed by atoms with Crippen LogP contribution in [0.4, 0.5) is 5.69 Å². The van der Waals surface area contributed by atoms with Gasteiger partial charge in [0.15, 0.2) is 0 Å². The summed E-state index contributed by atoms with van der Waals surface area (Å²) in [6.45, 7) is 1.86. The van der Waals surface area contributed by atoms with Crippen LogP contribution in [0.2, 0.25) is 0 Å². The van der Waals surface area contributed by atoms with Crippen LogP contribution in [0.5, 0.6) is 0 Å². The molecular weight excluding hydrogens is 262 g/mol. The molecule has 0 atom stereocenters. The molecule has 0 saturated carbocycles. The molecule has 1 aliphatic rings. The second-order valence-corrected chi connectivity index (χ2v) is 7.26. The Morgan fingerprint density at radius 3 is 2.16 bits per heavy atom. The summed E-state index contributed by atoms with van der Waals surface area (Å²) in [5.74, 6) is 0. The van der Waals surface area contributed by atoms with E-state index in [1.54, 1.807) is 12.1 Å². The van der Waals surface area contributed by atoms with E-state index in [0.717, 1.165) is 31.6 Å². The van der Waals surface area contributed by atoms with E-state index >= 15 is 0 Å². The number of piperidine rings is 1. The van der Waals surface area contributed by atoms with Gasteiger partial charge in [-0.15, -0.1) is 0 Å². The molecule has 0 aliphatic carbocycles. The van der Waals surface area contributed by atoms with Crippen LogP contribution in [-0.4, -0.2) is 45.9 Å². The van der Waals surface area contributed by atoms with Gasteiger partial charge in [0.05, 0.1) is 4.90 Å². The van der Waals surface area contributed by atoms with Crippen LogP contribution in [0.3, 0.4) is 0 Å². The molecule has 0 bridgehead atoms. The summed E-state index contributed by atoms with van der Waals surface area (Å²) < 4.78 is 25.1. The number of hydrogen-bond acceptors (Lipinski definition) is 4. The maximum absolute atomic E-state index is 12.0. The zero-order valence-corrected chi connectivity index (χ0v) is 12.2. The zero-order valence-electron chi connectivity index (χ0n) is 11.4. The molecule has 1 aromatic carbocycles. The van der Waals surface area contributed by atoms with Crippen molar-refractivity contribution in [2.75, 3.05) is 32.1 Å². The number of nitrogens with two attached hydrogens (primary N) is 1. The molecule has 0 radical (unpaired) electrons. The number of rotatable bonds is 3. The Bertz CT molecular complexity index is 517. The predicted octanol–water partition coefficient (Wildman–Crippen LogP) is 0.864. The van der Waals surface area contributed by atoms with Crippen molar-refractivity contribution in [3.63, 3.8) is 0 Å². The molecule has 1 saturated heterocycles. The lowest BCUT2D eigenvalue weighted by molar-refractivity contribution is 0.501. The van der Waals surface area contributed by atoms with Gasteiger partial charge in [0.25, 0.3) is 0 Å². The van der Waals surface area contributed by atoms with Crippen molar-refractivity contribution in [1.29, 1.82) is 0 Å². The van der Waals surface area contributed by atoms with E-state index in [1.807, 2.05) is 12.1 Å². The number of sulfonamides is 1. The molecular formula is C13H21N3O2S. The van der Waals surface area contributed by atoms with Crippen molar-refractivity contribution in [3.05, 3.63) is 24.3 Å². The monoisotopic (exact) mass is 283 g/mol. The lowest BCUT2D eigenvalue weighted by Crippen LogP contribution is -2.39. The van der Waals surface area contributed by atoms with Gasteiger partial charge < -0.3 is 10.6 Å². The van der Waals surface area contributed by atoms with Gasteiger partial charge in [-0.1, -0.05) is 0 Å². The molecule has 0 unspecified atom stereocenters. The largest absolute Gasteiger partial charge is 0.371 e. The fraction of sp³-hybridized carbons (Fsp3) is 0.538. The second-order valence-electron chi connectivity index (χ2n) is 5.11. The Labute approximate surface area is 115 Å². The molecule has 106 valence electrons. The van der Waals surface area contributed by atoms with E-state index in [9.17, 15) is 8.42 Å². The van der Waals surface area contributed by atoms with Crippen LogP contribution in [0, 0.1) is 0 Å². The van der Waals surface area contributed by atoms with Crippen LogP contribution in [0.1, 0.15) is 12.8 Å². The van der Waals surface area contributed by atoms with Gasteiger partial charge >= 0.3 is 0 Å². The normalized spacial score (nSPS) is 18.0. The van der Waals surface area contributed by atoms with Gasteiger partial charge in [-0.25, -0.2) is 12.7 Å². The third kappa shape index (κ3) is 3.08. The van der Waals surface area contributed by atoms with Crippen molar-refractivity contribution in [2.45, 2.75) is 23.8 Å². The highest BCUT2D eigenvalue weighted by atomic mass is 32.2. The Balaban J connectivity index is 2.15. The summed E-state index contributed by atoms with van der Waals surface area (Å²) in [4.78, 5) is 2.57. The first kappa shape index (κ1) is 14.3. The minimum Gasteiger partial charge on any atom is -0.371 e. The minimum absolute atomic E-state index is 0.296. The first-order valence-electron chi connectivity index (χ1n) is 6.44. The summed E-state index contributed by atoms with van der Waals surface area (Å²) in [6, 6.07) is 7.36. The van der Waals surface area contributed by atoms with Crippen molar-refractivity contribution >= 4 is 15.7 Å². The summed E-state index contributed by atoms with van der Waals surface area (Å²) in [5, 5.41) is 0. The summed E-state index contributed by atoms with van der Waals surface area (Å²) in [7, 11) is -0.264. The van der Waals surface area contributed by atoms with E-state index in [4.69, 9.17) is 5.73 Å². The van der Waals surface area contributed by atoms with Gasteiger partial charge in [-0.05, 0) is 37.1 Å². The molecule has 1 aliphatic heterocycles. The molecule has 1 heterocycles. The van der Waals surface area contributed by atoms with E-state index in [2.05, 4.69) is 4.90 Å². The number of benzene rings is 1. The average molecular weight is 283 g/mol. The lowest BCUT2D eigenvalue weighted by Gasteiger charge is -2.32. The molecule has 5 nitrogen and oxygen atoms in total. The smallest absolute Gasteiger partial charge is 0.242 e. The highest BCUT2D eigenvalue weighted by Gasteiger charge is 2.19. The third-order valence-electron chi connectivity index (χ3n) is 3.52. The maximum atomic E-state index is 12.0. The van der Waals surface area contributed by atoms with Crippen LogP contribution in [-0.2, 0) is 10.0 Å². The number of hydrogen-bond donors (Lipinski definition) is 1. The standard InChI is InChI=1S/C13H21N3O2S/c1-15(2)19(17,18)13-5-3-12(4-6-13)16-9-7-11(14)8-10-16/h3-6,11H,7-10,14H2,1-2H3. The molecule has 0 aromatic heterocycles. The highest BCUT2D eigenvalue weighted by molar-refractivity contribution is 7.89. The van der Waals surface area contributed by atoms with E-state index in [0.29, 0.717) is 10.9 Å². The third-order valence-corrected chi connectivity index (χ3v) is 5.35. The summed E-state index contributed by atoms with van der Waals surface area (Å²) in [6.07, 6.45) is 1.97. The summed E-state index contributed by atoms with van der Waals surface area (Å²) >= 11 is 0. The van der Waals surface area contributed by atoms with Crippen molar-refractivity contribution in [1.82, 2.24) is 4.31 Å². The molecule has 6 heteroatoms. The van der Waals surface area contributed by atoms with Gasteiger partial charge in [-0.2, -0.15) is 0 Å². The quantitative estimate of drug-likeness (QED) is 0.893. The lowest BCUT2D eigenvalue weighted by atomic mass is 10.1. The van der Waals surface area contributed by atoms with Gasteiger partial charge in [0.1, 0.15) is 0 Å². The average Bonchev–Trinajstić information content (AvgIpc) is 2.39.